The van der Waals surface area contributed by atoms with Crippen molar-refractivity contribution in [3.8, 4) is 11.5 Å². The molecule has 0 saturated heterocycles. The van der Waals surface area contributed by atoms with Crippen molar-refractivity contribution in [1.82, 2.24) is 5.32 Å². The molecule has 1 aromatic carbocycles. The number of fused-ring (bicyclic) bond motifs is 1. The second kappa shape index (κ2) is 6.35. The summed E-state index contributed by atoms with van der Waals surface area (Å²) in [5.41, 5.74) is 6.70. The molecule has 1 heterocycles. The zero-order valence-electron chi connectivity index (χ0n) is 12.1. The normalized spacial score (nSPS) is 25.0. The molecule has 1 aliphatic heterocycles. The molecule has 2 atom stereocenters. The first-order valence-electron chi connectivity index (χ1n) is 7.71. The molecule has 0 spiro atoms. The van der Waals surface area contributed by atoms with E-state index >= 15 is 0 Å². The summed E-state index contributed by atoms with van der Waals surface area (Å²) in [5, 5.41) is 3.08. The van der Waals surface area contributed by atoms with Gasteiger partial charge in [0.2, 0.25) is 0 Å². The number of amides is 1. The van der Waals surface area contributed by atoms with Crippen molar-refractivity contribution in [3.05, 3.63) is 23.8 Å². The zero-order chi connectivity index (χ0) is 14.7. The van der Waals surface area contributed by atoms with E-state index in [0.29, 0.717) is 30.3 Å². The molecule has 1 amide bonds. The molecule has 0 aromatic heterocycles. The highest BCUT2D eigenvalue weighted by molar-refractivity contribution is 5.98. The number of para-hydroxylation sites is 1. The summed E-state index contributed by atoms with van der Waals surface area (Å²) < 4.78 is 11.1. The Bertz CT molecular complexity index is 518. The number of carbonyl (C=O) groups is 1. The zero-order valence-corrected chi connectivity index (χ0v) is 12.1. The van der Waals surface area contributed by atoms with Gasteiger partial charge >= 0.3 is 0 Å². The van der Waals surface area contributed by atoms with E-state index in [-0.39, 0.29) is 18.0 Å². The molecule has 5 heteroatoms. The molecule has 1 aromatic rings. The van der Waals surface area contributed by atoms with Gasteiger partial charge in [-0.25, -0.2) is 0 Å². The van der Waals surface area contributed by atoms with Crippen LogP contribution in [-0.4, -0.2) is 31.2 Å². The molecule has 1 saturated carbocycles. The first kappa shape index (κ1) is 14.2. The van der Waals surface area contributed by atoms with Crippen LogP contribution in [0, 0.1) is 0 Å². The summed E-state index contributed by atoms with van der Waals surface area (Å²) in [6.45, 7) is 0.992. The first-order valence-corrected chi connectivity index (χ1v) is 7.71. The molecule has 2 unspecified atom stereocenters. The van der Waals surface area contributed by atoms with Crippen molar-refractivity contribution >= 4 is 5.91 Å². The molecule has 21 heavy (non-hydrogen) atoms. The molecule has 0 radical (unpaired) electrons. The van der Waals surface area contributed by atoms with Crippen LogP contribution in [0.2, 0.25) is 0 Å². The fourth-order valence-corrected chi connectivity index (χ4v) is 3.01. The van der Waals surface area contributed by atoms with Crippen LogP contribution < -0.4 is 20.5 Å². The Hall–Kier alpha value is -1.75. The maximum absolute atomic E-state index is 12.5. The Balaban J connectivity index is 1.76. The van der Waals surface area contributed by atoms with Crippen LogP contribution in [0.15, 0.2) is 18.2 Å². The SMILES string of the molecule is NC1CCCCCC1NC(=O)c1cccc2c1OCCO2. The molecular formula is C16H22N2O3. The molecule has 1 aliphatic carbocycles. The summed E-state index contributed by atoms with van der Waals surface area (Å²) in [7, 11) is 0. The summed E-state index contributed by atoms with van der Waals surface area (Å²) in [4.78, 5) is 12.5. The Kier molecular flexibility index (Phi) is 4.29. The van der Waals surface area contributed by atoms with Gasteiger partial charge < -0.3 is 20.5 Å². The van der Waals surface area contributed by atoms with E-state index in [1.165, 1.54) is 6.42 Å². The van der Waals surface area contributed by atoms with Gasteiger partial charge in [0.05, 0.1) is 5.56 Å². The van der Waals surface area contributed by atoms with Gasteiger partial charge in [-0.05, 0) is 25.0 Å². The van der Waals surface area contributed by atoms with Crippen LogP contribution in [0.3, 0.4) is 0 Å². The minimum absolute atomic E-state index is 0.0353. The van der Waals surface area contributed by atoms with E-state index < -0.39 is 0 Å². The monoisotopic (exact) mass is 290 g/mol. The largest absolute Gasteiger partial charge is 0.486 e. The van der Waals surface area contributed by atoms with E-state index in [0.717, 1.165) is 25.7 Å². The van der Waals surface area contributed by atoms with Crippen LogP contribution in [0.5, 0.6) is 11.5 Å². The van der Waals surface area contributed by atoms with Crippen molar-refractivity contribution in [1.29, 1.82) is 0 Å². The highest BCUT2D eigenvalue weighted by atomic mass is 16.6. The third kappa shape index (κ3) is 3.13. The smallest absolute Gasteiger partial charge is 0.255 e. The average Bonchev–Trinajstić information content (AvgIpc) is 2.71. The lowest BCUT2D eigenvalue weighted by molar-refractivity contribution is 0.0918. The van der Waals surface area contributed by atoms with Crippen molar-refractivity contribution in [2.24, 2.45) is 5.73 Å². The number of hydrogen-bond acceptors (Lipinski definition) is 4. The van der Waals surface area contributed by atoms with Crippen molar-refractivity contribution < 1.29 is 14.3 Å². The number of nitrogens with one attached hydrogen (secondary N) is 1. The van der Waals surface area contributed by atoms with Gasteiger partial charge in [0.1, 0.15) is 13.2 Å². The molecule has 3 rings (SSSR count). The maximum Gasteiger partial charge on any atom is 0.255 e. The Morgan fingerprint density at radius 3 is 2.86 bits per heavy atom. The molecule has 1 fully saturated rings. The van der Waals surface area contributed by atoms with E-state index in [9.17, 15) is 4.79 Å². The van der Waals surface area contributed by atoms with E-state index in [4.69, 9.17) is 15.2 Å². The summed E-state index contributed by atoms with van der Waals surface area (Å²) >= 11 is 0. The number of hydrogen-bond donors (Lipinski definition) is 2. The van der Waals surface area contributed by atoms with Crippen molar-refractivity contribution in [3.63, 3.8) is 0 Å². The lowest BCUT2D eigenvalue weighted by atomic mass is 10.0. The van der Waals surface area contributed by atoms with E-state index in [2.05, 4.69) is 5.32 Å². The van der Waals surface area contributed by atoms with Gasteiger partial charge in [0, 0.05) is 12.1 Å². The summed E-state index contributed by atoms with van der Waals surface area (Å²) in [5.74, 6) is 1.06. The average molecular weight is 290 g/mol. The first-order chi connectivity index (χ1) is 10.3. The molecule has 3 N–H and O–H groups in total. The standard InChI is InChI=1S/C16H22N2O3/c17-12-6-2-1-3-7-13(12)18-16(19)11-5-4-8-14-15(11)21-10-9-20-14/h4-5,8,12-13H,1-3,6-7,9-10,17H2,(H,18,19). The lowest BCUT2D eigenvalue weighted by Gasteiger charge is -2.25. The van der Waals surface area contributed by atoms with Gasteiger partial charge in [-0.15, -0.1) is 0 Å². The van der Waals surface area contributed by atoms with Crippen LogP contribution in [-0.2, 0) is 0 Å². The third-order valence-electron chi connectivity index (χ3n) is 4.20. The van der Waals surface area contributed by atoms with Gasteiger partial charge in [0.15, 0.2) is 11.5 Å². The van der Waals surface area contributed by atoms with Gasteiger partial charge in [-0.1, -0.05) is 25.3 Å². The van der Waals surface area contributed by atoms with Gasteiger partial charge in [-0.2, -0.15) is 0 Å². The van der Waals surface area contributed by atoms with Crippen LogP contribution in [0.4, 0.5) is 0 Å². The number of benzene rings is 1. The number of carbonyl (C=O) groups excluding carboxylic acids is 1. The number of ether oxygens (including phenoxy) is 2. The minimum atomic E-state index is -0.125. The van der Waals surface area contributed by atoms with Crippen LogP contribution in [0.25, 0.3) is 0 Å². The van der Waals surface area contributed by atoms with Gasteiger partial charge in [0.25, 0.3) is 5.91 Å². The number of rotatable bonds is 2. The van der Waals surface area contributed by atoms with Crippen LogP contribution in [0.1, 0.15) is 42.5 Å². The summed E-state index contributed by atoms with van der Waals surface area (Å²) in [6.07, 6.45) is 5.37. The van der Waals surface area contributed by atoms with Crippen molar-refractivity contribution in [2.75, 3.05) is 13.2 Å². The fraction of sp³-hybridized carbons (Fsp3) is 0.562. The predicted octanol–water partition coefficient (Wildman–Crippen LogP) is 1.85. The Morgan fingerprint density at radius 2 is 1.95 bits per heavy atom. The molecule has 114 valence electrons. The topological polar surface area (TPSA) is 73.6 Å². The van der Waals surface area contributed by atoms with Gasteiger partial charge in [-0.3, -0.25) is 4.79 Å². The second-order valence-electron chi connectivity index (χ2n) is 5.71. The Labute approximate surface area is 124 Å². The van der Waals surface area contributed by atoms with E-state index in [1.54, 1.807) is 6.07 Å². The maximum atomic E-state index is 12.5. The second-order valence-corrected chi connectivity index (χ2v) is 5.71. The molecule has 0 bridgehead atoms. The molecule has 2 aliphatic rings. The Morgan fingerprint density at radius 1 is 1.14 bits per heavy atom. The molecule has 5 nitrogen and oxygen atoms in total. The van der Waals surface area contributed by atoms with Crippen molar-refractivity contribution in [2.45, 2.75) is 44.2 Å². The highest BCUT2D eigenvalue weighted by Crippen LogP contribution is 2.33. The summed E-state index contributed by atoms with van der Waals surface area (Å²) in [6, 6.07) is 5.48. The highest BCUT2D eigenvalue weighted by Gasteiger charge is 2.25. The van der Waals surface area contributed by atoms with E-state index in [1.807, 2.05) is 12.1 Å². The lowest BCUT2D eigenvalue weighted by Crippen LogP contribution is -2.47. The van der Waals surface area contributed by atoms with Crippen LogP contribution >= 0.6 is 0 Å². The minimum Gasteiger partial charge on any atom is -0.486 e. The fourth-order valence-electron chi connectivity index (χ4n) is 3.01. The molecular weight excluding hydrogens is 268 g/mol. The number of nitrogens with two attached hydrogens (primary N) is 1. The predicted molar refractivity (Wildman–Crippen MR) is 79.7 cm³/mol. The third-order valence-corrected chi connectivity index (χ3v) is 4.20. The quantitative estimate of drug-likeness (QED) is 0.815.